The molecule has 0 aliphatic carbocycles. The molecule has 0 saturated heterocycles. The summed E-state index contributed by atoms with van der Waals surface area (Å²) in [4.78, 5) is 24.7. The van der Waals surface area contributed by atoms with Crippen LogP contribution < -0.4 is 4.74 Å². The third-order valence-electron chi connectivity index (χ3n) is 7.02. The van der Waals surface area contributed by atoms with Gasteiger partial charge in [-0.25, -0.2) is 4.79 Å². The van der Waals surface area contributed by atoms with Crippen LogP contribution in [-0.2, 0) is 17.4 Å². The van der Waals surface area contributed by atoms with E-state index in [1.54, 1.807) is 18.2 Å². The van der Waals surface area contributed by atoms with E-state index in [2.05, 4.69) is 65.8 Å². The van der Waals surface area contributed by atoms with Gasteiger partial charge in [-0.05, 0) is 69.0 Å². The number of carbonyl (C=O) groups excluding carboxylic acids is 1. The number of carboxylic acid groups (broad SMARTS) is 1. The van der Waals surface area contributed by atoms with E-state index in [-0.39, 0.29) is 22.2 Å². The number of ketones is 1. The van der Waals surface area contributed by atoms with Gasteiger partial charge < -0.3 is 9.84 Å². The lowest BCUT2D eigenvalue weighted by Crippen LogP contribution is -2.16. The molecule has 0 atom stereocenters. The number of hydrogen-bond donors (Lipinski definition) is 1. The third kappa shape index (κ3) is 7.40. The highest BCUT2D eigenvalue weighted by atomic mass is 16.5. The van der Waals surface area contributed by atoms with Gasteiger partial charge in [-0.15, -0.1) is 0 Å². The van der Waals surface area contributed by atoms with Crippen LogP contribution in [0, 0.1) is 0 Å². The molecule has 0 bridgehead atoms. The van der Waals surface area contributed by atoms with Crippen molar-refractivity contribution < 1.29 is 19.4 Å². The van der Waals surface area contributed by atoms with Gasteiger partial charge in [0.2, 0.25) is 0 Å². The van der Waals surface area contributed by atoms with E-state index in [0.29, 0.717) is 17.9 Å². The van der Waals surface area contributed by atoms with Crippen LogP contribution in [0.3, 0.4) is 0 Å². The number of carboxylic acids is 1. The molecule has 0 amide bonds. The summed E-state index contributed by atoms with van der Waals surface area (Å²) >= 11 is 0. The first-order valence-electron chi connectivity index (χ1n) is 13.8. The van der Waals surface area contributed by atoms with Gasteiger partial charge in [0.25, 0.3) is 0 Å². The van der Waals surface area contributed by atoms with Crippen molar-refractivity contribution in [2.45, 2.75) is 59.0 Å². The summed E-state index contributed by atoms with van der Waals surface area (Å²) in [6, 6.07) is 28.8. The van der Waals surface area contributed by atoms with E-state index in [1.807, 2.05) is 42.5 Å². The lowest BCUT2D eigenvalue weighted by molar-refractivity contribution is 0.0696. The summed E-state index contributed by atoms with van der Waals surface area (Å²) in [5, 5.41) is 9.16. The fourth-order valence-electron chi connectivity index (χ4n) is 4.76. The first-order chi connectivity index (χ1) is 19.3. The Morgan fingerprint density at radius 1 is 0.756 bits per heavy atom. The fraction of sp³-hybridized carbons (Fsp3) is 0.243. The van der Waals surface area contributed by atoms with Gasteiger partial charge in [0.1, 0.15) is 12.4 Å². The number of ether oxygens (including phenoxy) is 1. The van der Waals surface area contributed by atoms with E-state index in [1.165, 1.54) is 23.8 Å². The van der Waals surface area contributed by atoms with Crippen LogP contribution in [0.4, 0.5) is 0 Å². The molecule has 0 aliphatic heterocycles. The van der Waals surface area contributed by atoms with Gasteiger partial charge in [-0.1, -0.05) is 114 Å². The van der Waals surface area contributed by atoms with Crippen molar-refractivity contribution in [2.24, 2.45) is 0 Å². The SMILES string of the molecule is CC(C)(C)c1ccc(-c2cc(C(=O)/C=C/c3ccc(C(=O)O)cc3)cc(OCc3ccccc3)c2C(C)(C)C)cc1. The van der Waals surface area contributed by atoms with Gasteiger partial charge in [0, 0.05) is 11.1 Å². The molecule has 0 saturated carbocycles. The number of hydrogen-bond acceptors (Lipinski definition) is 3. The molecule has 0 heterocycles. The highest BCUT2D eigenvalue weighted by molar-refractivity contribution is 6.08. The molecule has 4 aromatic carbocycles. The van der Waals surface area contributed by atoms with Crippen molar-refractivity contribution in [3.8, 4) is 16.9 Å². The van der Waals surface area contributed by atoms with Crippen molar-refractivity contribution in [2.75, 3.05) is 0 Å². The highest BCUT2D eigenvalue weighted by Crippen LogP contribution is 2.41. The quantitative estimate of drug-likeness (QED) is 0.177. The van der Waals surface area contributed by atoms with Crippen LogP contribution in [0.2, 0.25) is 0 Å². The largest absolute Gasteiger partial charge is 0.489 e. The Morgan fingerprint density at radius 3 is 1.95 bits per heavy atom. The second-order valence-corrected chi connectivity index (χ2v) is 12.4. The topological polar surface area (TPSA) is 63.6 Å². The van der Waals surface area contributed by atoms with Gasteiger partial charge in [-0.2, -0.15) is 0 Å². The summed E-state index contributed by atoms with van der Waals surface area (Å²) in [7, 11) is 0. The van der Waals surface area contributed by atoms with Crippen molar-refractivity contribution >= 4 is 17.8 Å². The van der Waals surface area contributed by atoms with E-state index in [0.717, 1.165) is 27.8 Å². The molecule has 0 radical (unpaired) electrons. The average molecular weight is 547 g/mol. The molecule has 4 rings (SSSR count). The van der Waals surface area contributed by atoms with Crippen LogP contribution in [0.5, 0.6) is 5.75 Å². The van der Waals surface area contributed by atoms with Gasteiger partial charge in [-0.3, -0.25) is 4.79 Å². The minimum atomic E-state index is -0.985. The van der Waals surface area contributed by atoms with Crippen molar-refractivity contribution in [3.63, 3.8) is 0 Å². The molecule has 0 spiro atoms. The summed E-state index contributed by atoms with van der Waals surface area (Å²) in [6.07, 6.45) is 3.23. The molecule has 0 fully saturated rings. The second-order valence-electron chi connectivity index (χ2n) is 12.4. The lowest BCUT2D eigenvalue weighted by atomic mass is 9.79. The Labute approximate surface area is 243 Å². The molecule has 4 nitrogen and oxygen atoms in total. The number of rotatable bonds is 8. The molecule has 0 aromatic heterocycles. The molecule has 41 heavy (non-hydrogen) atoms. The molecule has 0 unspecified atom stereocenters. The van der Waals surface area contributed by atoms with Crippen LogP contribution in [0.1, 0.15) is 84.5 Å². The van der Waals surface area contributed by atoms with Crippen molar-refractivity contribution in [3.05, 3.63) is 130 Å². The lowest BCUT2D eigenvalue weighted by Gasteiger charge is -2.28. The first kappa shape index (κ1) is 29.5. The van der Waals surface area contributed by atoms with Crippen LogP contribution in [0.25, 0.3) is 17.2 Å². The van der Waals surface area contributed by atoms with E-state index in [4.69, 9.17) is 9.84 Å². The molecule has 1 N–H and O–H groups in total. The van der Waals surface area contributed by atoms with Crippen molar-refractivity contribution in [1.82, 2.24) is 0 Å². The molecular weight excluding hydrogens is 508 g/mol. The molecular formula is C37H38O4. The van der Waals surface area contributed by atoms with Gasteiger partial charge >= 0.3 is 5.97 Å². The van der Waals surface area contributed by atoms with Crippen LogP contribution in [-0.4, -0.2) is 16.9 Å². The zero-order valence-electron chi connectivity index (χ0n) is 24.7. The minimum Gasteiger partial charge on any atom is -0.489 e. The number of carbonyl (C=O) groups is 2. The van der Waals surface area contributed by atoms with Gasteiger partial charge in [0.05, 0.1) is 5.56 Å². The maximum atomic E-state index is 13.5. The highest BCUT2D eigenvalue weighted by Gasteiger charge is 2.26. The van der Waals surface area contributed by atoms with E-state index < -0.39 is 5.97 Å². The minimum absolute atomic E-state index is 0.0284. The average Bonchev–Trinajstić information content (AvgIpc) is 2.94. The van der Waals surface area contributed by atoms with Crippen LogP contribution >= 0.6 is 0 Å². The van der Waals surface area contributed by atoms with E-state index in [9.17, 15) is 9.59 Å². The fourth-order valence-corrected chi connectivity index (χ4v) is 4.76. The maximum absolute atomic E-state index is 13.5. The Hall–Kier alpha value is -4.44. The number of benzene rings is 4. The van der Waals surface area contributed by atoms with Crippen LogP contribution in [0.15, 0.2) is 97.1 Å². The van der Waals surface area contributed by atoms with E-state index >= 15 is 0 Å². The monoisotopic (exact) mass is 546 g/mol. The summed E-state index contributed by atoms with van der Waals surface area (Å²) < 4.78 is 6.45. The first-order valence-corrected chi connectivity index (χ1v) is 13.8. The Bertz CT molecular complexity index is 1550. The standard InChI is InChI=1S/C37H38O4/c1-36(2,3)30-19-17-27(18-20-30)31-22-29(32(38)21-14-25-12-15-28(16-13-25)35(39)40)23-33(34(31)37(4,5)6)41-24-26-10-8-7-9-11-26/h7-23H,24H2,1-6H3,(H,39,40)/b21-14+. The predicted molar refractivity (Wildman–Crippen MR) is 167 cm³/mol. The number of allylic oxidation sites excluding steroid dienone is 1. The third-order valence-corrected chi connectivity index (χ3v) is 7.02. The van der Waals surface area contributed by atoms with Gasteiger partial charge in [0.15, 0.2) is 5.78 Å². The van der Waals surface area contributed by atoms with Crippen molar-refractivity contribution in [1.29, 1.82) is 0 Å². The normalized spacial score (nSPS) is 12.0. The Balaban J connectivity index is 1.79. The zero-order chi connectivity index (χ0) is 29.8. The Kier molecular flexibility index (Phi) is 8.63. The molecule has 210 valence electrons. The summed E-state index contributed by atoms with van der Waals surface area (Å²) in [5.74, 6) is -0.465. The zero-order valence-corrected chi connectivity index (χ0v) is 24.7. The molecule has 4 aromatic rings. The predicted octanol–water partition coefficient (Wildman–Crippen LogP) is 9.12. The smallest absolute Gasteiger partial charge is 0.335 e. The maximum Gasteiger partial charge on any atom is 0.335 e. The molecule has 0 aliphatic rings. The Morgan fingerprint density at radius 2 is 1.39 bits per heavy atom. The second kappa shape index (κ2) is 12.0. The molecule has 4 heteroatoms. The summed E-state index contributed by atoms with van der Waals surface area (Å²) in [6.45, 7) is 13.4. The number of aromatic carboxylic acids is 1. The summed E-state index contributed by atoms with van der Waals surface area (Å²) in [5.41, 5.74) is 6.56.